The Morgan fingerprint density at radius 1 is 0.393 bits per heavy atom. The number of likely N-dealkylation sites (N-methyl/N-ethyl adjacent to an activating group) is 1. The van der Waals surface area contributed by atoms with Crippen molar-refractivity contribution in [3.63, 3.8) is 0 Å². The zero-order chi connectivity index (χ0) is 79.1. The summed E-state index contributed by atoms with van der Waals surface area (Å²) in [6, 6.07) is -5.74. The van der Waals surface area contributed by atoms with Crippen molar-refractivity contribution in [1.29, 1.82) is 0 Å². The summed E-state index contributed by atoms with van der Waals surface area (Å²) in [5.74, 6) is -8.04. The van der Waals surface area contributed by atoms with E-state index in [-0.39, 0.29) is 25.0 Å². The van der Waals surface area contributed by atoms with Crippen LogP contribution in [0.2, 0.25) is 0 Å². The molecule has 4 amide bonds. The fourth-order valence-electron chi connectivity index (χ4n) is 15.1. The Bertz CT molecular complexity index is 2840. The Labute approximate surface area is 613 Å². The number of hydrogen-bond acceptors (Lipinski definition) is 39. The predicted octanol–water partition coefficient (Wildman–Crippen LogP) is -14.3. The summed E-state index contributed by atoms with van der Waals surface area (Å²) in [5, 5.41) is 238. The second-order valence-electron chi connectivity index (χ2n) is 28.2. The highest BCUT2D eigenvalue weighted by molar-refractivity contribution is 5.89. The van der Waals surface area contributed by atoms with Crippen molar-refractivity contribution in [1.82, 2.24) is 26.6 Å². The van der Waals surface area contributed by atoms with Crippen LogP contribution in [0.1, 0.15) is 67.2 Å². The number of Topliss-reactive ketones (excluding diaryl/α,β-unsaturated/α-hetero) is 1. The molecular formula is C64H109N5O38. The van der Waals surface area contributed by atoms with E-state index in [0.717, 1.165) is 20.8 Å². The molecule has 0 aromatic rings. The molecular weight excluding hydrogens is 1450 g/mol. The van der Waals surface area contributed by atoms with Crippen LogP contribution >= 0.6 is 0 Å². The van der Waals surface area contributed by atoms with Gasteiger partial charge in [0.25, 0.3) is 0 Å². The molecule has 8 aliphatic rings. The van der Waals surface area contributed by atoms with Crippen LogP contribution in [-0.2, 0) is 85.6 Å². The Morgan fingerprint density at radius 3 is 1.40 bits per heavy atom. The van der Waals surface area contributed by atoms with Gasteiger partial charge in [0, 0.05) is 45.4 Å². The third-order valence-corrected chi connectivity index (χ3v) is 21.1. The van der Waals surface area contributed by atoms with Gasteiger partial charge in [-0.1, -0.05) is 20.8 Å². The molecule has 0 aliphatic carbocycles. The van der Waals surface area contributed by atoms with Crippen molar-refractivity contribution in [2.45, 2.75) is 300 Å². The maximum Gasteiger partial charge on any atom is 0.224 e. The first-order valence-electron chi connectivity index (χ1n) is 35.6. The Balaban J connectivity index is 1.13. The first kappa shape index (κ1) is 88.8. The molecule has 0 bridgehead atoms. The van der Waals surface area contributed by atoms with Gasteiger partial charge < -0.3 is 190 Å². The molecule has 41 atom stereocenters. The van der Waals surface area contributed by atoms with Gasteiger partial charge in [0.05, 0.1) is 101 Å². The highest BCUT2D eigenvalue weighted by atomic mass is 16.8. The molecule has 25 N–H and O–H groups in total. The second kappa shape index (κ2) is 39.3. The summed E-state index contributed by atoms with van der Waals surface area (Å²) in [5.41, 5.74) is 0. The molecule has 8 rings (SSSR count). The van der Waals surface area contributed by atoms with E-state index < -0.39 is 327 Å². The third-order valence-electron chi connectivity index (χ3n) is 21.1. The lowest BCUT2D eigenvalue weighted by atomic mass is 9.76. The topological polar surface area (TPSA) is 670 Å². The molecule has 618 valence electrons. The zero-order valence-electron chi connectivity index (χ0n) is 59.7. The minimum Gasteiger partial charge on any atom is -0.394 e. The van der Waals surface area contributed by atoms with Crippen molar-refractivity contribution in [2.24, 2.45) is 17.8 Å². The summed E-state index contributed by atoms with van der Waals surface area (Å²) in [7, 11) is 1.47. The van der Waals surface area contributed by atoms with Crippen molar-refractivity contribution in [3.05, 3.63) is 0 Å². The lowest BCUT2D eigenvalue weighted by Gasteiger charge is -2.52. The lowest BCUT2D eigenvalue weighted by Crippen LogP contribution is -2.71. The van der Waals surface area contributed by atoms with Crippen LogP contribution in [0.25, 0.3) is 0 Å². The molecule has 0 aromatic heterocycles. The van der Waals surface area contributed by atoms with Crippen LogP contribution in [-0.4, -0.2) is 418 Å². The predicted molar refractivity (Wildman–Crippen MR) is 346 cm³/mol. The van der Waals surface area contributed by atoms with Gasteiger partial charge in [-0.2, -0.15) is 0 Å². The van der Waals surface area contributed by atoms with E-state index in [1.54, 1.807) is 13.8 Å². The van der Waals surface area contributed by atoms with E-state index in [9.17, 15) is 126 Å². The van der Waals surface area contributed by atoms with Gasteiger partial charge in [-0.05, 0) is 19.9 Å². The summed E-state index contributed by atoms with van der Waals surface area (Å²) in [6.07, 6.45) is -64.1. The summed E-state index contributed by atoms with van der Waals surface area (Å²) in [4.78, 5) is 64.4. The van der Waals surface area contributed by atoms with Crippen LogP contribution in [0.15, 0.2) is 0 Å². The molecule has 43 nitrogen and oxygen atoms in total. The van der Waals surface area contributed by atoms with Gasteiger partial charge >= 0.3 is 0 Å². The molecule has 8 aliphatic heterocycles. The van der Waals surface area contributed by atoms with Crippen molar-refractivity contribution in [2.75, 3.05) is 53.3 Å². The Morgan fingerprint density at radius 2 is 0.841 bits per heavy atom. The SMILES string of the molecule is CCC(=O)[C@H](CC(=O)N[C@@H]1OC(CC)C(O[C@@H]2OC(CO)C(O[C@@H]3OC(CO[C@H]4OC(CO)C(O)[C@H](O)C4C4OC(CO)C(O[C@@H]5OC(CO)C(O)[C@H](O)C5O)[C@H](O)C4C)C(O)[C@H](O[C@H]4O[C@@H](CO)[C@@H](O)C(O)C4C[C@@H]4O[C@@H](CO)[C@@H](O)C(O)C4NC(C)=O)C3O)[C@H](O)C2NC(C)=O)[C@H](O)C1NC(C)=O)NC. The van der Waals surface area contributed by atoms with Gasteiger partial charge in [-0.3, -0.25) is 24.0 Å². The molecule has 43 heteroatoms. The summed E-state index contributed by atoms with van der Waals surface area (Å²) < 4.78 is 79.7. The highest BCUT2D eigenvalue weighted by Gasteiger charge is 2.61. The van der Waals surface area contributed by atoms with E-state index in [1.165, 1.54) is 14.0 Å². The lowest BCUT2D eigenvalue weighted by molar-refractivity contribution is -0.383. The molecule has 0 aromatic carbocycles. The Hall–Kier alpha value is -3.81. The van der Waals surface area contributed by atoms with Crippen LogP contribution in [0.3, 0.4) is 0 Å². The van der Waals surface area contributed by atoms with Crippen LogP contribution < -0.4 is 26.6 Å². The minimum absolute atomic E-state index is 0.00255. The fraction of sp³-hybridized carbons (Fsp3) is 0.922. The maximum absolute atomic E-state index is 13.4. The first-order valence-corrected chi connectivity index (χ1v) is 35.6. The van der Waals surface area contributed by atoms with E-state index in [2.05, 4.69) is 26.6 Å². The standard InChI is InChI=1S/C64H109N5O38/c1-8-25(79)24(65-7)11-35(80)69-59-38(67-21(5)77)49(90)55(26(9-2)98-59)104-62-39(68-22(6)78)50(91)57(33(17-75)102-62)106-64-53(94)58(107-60-23(41(82)42(83)29(13-71)99-60)10-27-37(66-20(4)76)48(89)44(85)28(12-70)96-27)46(87)34(103-64)18-95-61-36(47(88)43(84)30(14-72)100-61)54-19(3)40(81)56(32(16-74)97-54)105-63-52(93)51(92)45(86)31(15-73)101-63/h19,23-24,26-34,36-65,70-75,81-94H,8-18H2,1-7H3,(H,66,76)(H,67,77)(H,68,78)(H,69,80)/t19?,23?,24-,26?,27-,28-,29-,30?,31?,32?,33?,34?,36?,37?,38?,39?,40+,41?,42+,43?,44+,45?,46?,47+,48?,49+,50+,51-,52?,53?,54?,55?,56?,57?,58-,59+,60+,61-,62-,63-,64-/m0/s1. The molecule has 0 radical (unpaired) electrons. The smallest absolute Gasteiger partial charge is 0.224 e. The zero-order valence-corrected chi connectivity index (χ0v) is 59.7. The molecule has 8 fully saturated rings. The molecule has 8 saturated heterocycles. The van der Waals surface area contributed by atoms with Gasteiger partial charge in [-0.15, -0.1) is 0 Å². The molecule has 0 spiro atoms. The number of aliphatic hydroxyl groups is 20. The number of hydrogen-bond donors (Lipinski definition) is 25. The van der Waals surface area contributed by atoms with Crippen molar-refractivity contribution >= 4 is 29.4 Å². The molecule has 0 saturated carbocycles. The average molecular weight is 1560 g/mol. The number of carbonyl (C=O) groups is 5. The number of ether oxygens (including phenoxy) is 13. The molecule has 23 unspecified atom stereocenters. The first-order chi connectivity index (χ1) is 50.7. The number of nitrogens with one attached hydrogen (secondary N) is 5. The number of amides is 4. The summed E-state index contributed by atoms with van der Waals surface area (Å²) in [6.45, 7) is 0.761. The van der Waals surface area contributed by atoms with E-state index >= 15 is 0 Å². The largest absolute Gasteiger partial charge is 0.394 e. The second-order valence-corrected chi connectivity index (χ2v) is 28.2. The molecule has 107 heavy (non-hydrogen) atoms. The summed E-state index contributed by atoms with van der Waals surface area (Å²) >= 11 is 0. The number of rotatable bonds is 30. The van der Waals surface area contributed by atoms with Crippen LogP contribution in [0, 0.1) is 17.8 Å². The number of carbonyl (C=O) groups excluding carboxylic acids is 5. The molecule has 8 heterocycles. The van der Waals surface area contributed by atoms with E-state index in [4.69, 9.17) is 61.6 Å². The van der Waals surface area contributed by atoms with Crippen LogP contribution in [0.5, 0.6) is 0 Å². The van der Waals surface area contributed by atoms with Gasteiger partial charge in [0.15, 0.2) is 37.7 Å². The fourth-order valence-corrected chi connectivity index (χ4v) is 15.1. The van der Waals surface area contributed by atoms with Crippen molar-refractivity contribution in [3.8, 4) is 0 Å². The highest BCUT2D eigenvalue weighted by Crippen LogP contribution is 2.43. The minimum atomic E-state index is -2.41. The Kier molecular flexibility index (Phi) is 32.6. The quantitative estimate of drug-likeness (QED) is 0.0318. The average Bonchev–Trinajstić information content (AvgIpc) is 0.764. The van der Waals surface area contributed by atoms with E-state index in [1.807, 2.05) is 0 Å². The van der Waals surface area contributed by atoms with Gasteiger partial charge in [0.2, 0.25) is 23.6 Å². The van der Waals surface area contributed by atoms with Crippen LogP contribution in [0.4, 0.5) is 0 Å². The third kappa shape index (κ3) is 19.9. The van der Waals surface area contributed by atoms with Gasteiger partial charge in [0.1, 0.15) is 152 Å². The number of aliphatic hydroxyl groups excluding tert-OH is 20. The van der Waals surface area contributed by atoms with Gasteiger partial charge in [-0.25, -0.2) is 0 Å². The maximum atomic E-state index is 13.4. The monoisotopic (exact) mass is 1560 g/mol. The van der Waals surface area contributed by atoms with Crippen molar-refractivity contribution < 1.29 is 188 Å². The normalized spacial score (nSPS) is 46.6. The van der Waals surface area contributed by atoms with E-state index in [0.29, 0.717) is 0 Å². The number of ketones is 1.